The summed E-state index contributed by atoms with van der Waals surface area (Å²) < 4.78 is 19.2. The number of hydrogen-bond donors (Lipinski definition) is 1. The third kappa shape index (κ3) is 12.8. The molecule has 0 aliphatic rings. The molecule has 4 rings (SSSR count). The van der Waals surface area contributed by atoms with Crippen molar-refractivity contribution in [2.75, 3.05) is 19.8 Å². The highest BCUT2D eigenvalue weighted by atomic mass is 16.5. The van der Waals surface area contributed by atoms with Crippen LogP contribution in [-0.2, 0) is 0 Å². The van der Waals surface area contributed by atoms with Gasteiger partial charge in [0.15, 0.2) is 17.5 Å². The lowest BCUT2D eigenvalue weighted by molar-refractivity contribution is 0.223. The maximum Gasteiger partial charge on any atom is 0.167 e. The van der Waals surface area contributed by atoms with E-state index in [1.807, 2.05) is 42.5 Å². The van der Waals surface area contributed by atoms with E-state index < -0.39 is 0 Å². The van der Waals surface area contributed by atoms with Crippen molar-refractivity contribution in [1.29, 1.82) is 0 Å². The Bertz CT molecular complexity index is 1660. The minimum atomic E-state index is 0.0617. The zero-order chi connectivity index (χ0) is 38.0. The quantitative estimate of drug-likeness (QED) is 0.0770. The topological polar surface area (TPSA) is 86.6 Å². The summed E-state index contributed by atoms with van der Waals surface area (Å²) in [5.41, 5.74) is 3.28. The number of aromatic hydroxyl groups is 1. The van der Waals surface area contributed by atoms with Gasteiger partial charge in [0.25, 0.3) is 0 Å². The van der Waals surface area contributed by atoms with Crippen LogP contribution in [0.1, 0.15) is 124 Å². The van der Waals surface area contributed by atoms with Gasteiger partial charge in [0.1, 0.15) is 23.0 Å². The van der Waals surface area contributed by atoms with Gasteiger partial charge in [-0.15, -0.1) is 0 Å². The van der Waals surface area contributed by atoms with Gasteiger partial charge in [-0.2, -0.15) is 0 Å². The number of hydrogen-bond acceptors (Lipinski definition) is 7. The van der Waals surface area contributed by atoms with Gasteiger partial charge >= 0.3 is 0 Å². The molecular formula is C46H65N3O4. The summed E-state index contributed by atoms with van der Waals surface area (Å²) in [4.78, 5) is 14.9. The van der Waals surface area contributed by atoms with E-state index in [9.17, 15) is 5.11 Å². The Kier molecular flexibility index (Phi) is 17.4. The molecule has 0 saturated carbocycles. The zero-order valence-corrected chi connectivity index (χ0v) is 33.6. The number of phenols is 1. The van der Waals surface area contributed by atoms with Crippen molar-refractivity contribution in [1.82, 2.24) is 15.0 Å². The monoisotopic (exact) mass is 723 g/mol. The Morgan fingerprint density at radius 2 is 0.981 bits per heavy atom. The van der Waals surface area contributed by atoms with Crippen LogP contribution in [-0.4, -0.2) is 39.9 Å². The van der Waals surface area contributed by atoms with E-state index in [1.165, 1.54) is 32.1 Å². The molecule has 7 heteroatoms. The molecule has 3 unspecified atom stereocenters. The zero-order valence-electron chi connectivity index (χ0n) is 33.6. The van der Waals surface area contributed by atoms with Gasteiger partial charge in [-0.05, 0) is 68.2 Å². The lowest BCUT2D eigenvalue weighted by Crippen LogP contribution is -2.13. The number of benzene rings is 3. The molecule has 1 aromatic heterocycles. The Balaban J connectivity index is 1.74. The standard InChI is InChI=1S/C46H65N3O4/c1-8-14-17-34(11-4)30-51-38-24-26-40(42(50)28-38)45-47-44(37-22-20-33(7)21-23-37)48-46(49-45)41-27-25-39(52-31-35(12-5)18-15-9-2)29-43(41)53-32-36(13-6)19-16-10-3/h20-29,34-36,50H,8-19,30-32H2,1-7H3. The van der Waals surface area contributed by atoms with Gasteiger partial charge in [0.05, 0.1) is 30.9 Å². The van der Waals surface area contributed by atoms with Gasteiger partial charge < -0.3 is 19.3 Å². The van der Waals surface area contributed by atoms with E-state index >= 15 is 0 Å². The SMILES string of the molecule is CCCCC(CC)COc1ccc(-c2nc(-c3ccc(C)cc3)nc(-c3ccc(OCC(CC)CCCC)cc3OCC(CC)CCCC)n2)c(O)c1. The number of phenolic OH excluding ortho intramolecular Hbond substituents is 1. The second-order valence-corrected chi connectivity index (χ2v) is 14.7. The van der Waals surface area contributed by atoms with Crippen LogP contribution in [0, 0.1) is 24.7 Å². The van der Waals surface area contributed by atoms with Gasteiger partial charge in [0.2, 0.25) is 0 Å². The summed E-state index contributed by atoms with van der Waals surface area (Å²) in [5, 5.41) is 11.4. The van der Waals surface area contributed by atoms with E-state index in [0.29, 0.717) is 72.1 Å². The van der Waals surface area contributed by atoms with Gasteiger partial charge in [-0.25, -0.2) is 15.0 Å². The first-order valence-corrected chi connectivity index (χ1v) is 20.5. The van der Waals surface area contributed by atoms with Crippen LogP contribution in [0.15, 0.2) is 60.7 Å². The van der Waals surface area contributed by atoms with Crippen molar-refractivity contribution in [3.05, 3.63) is 66.2 Å². The molecule has 0 fully saturated rings. The van der Waals surface area contributed by atoms with Crippen LogP contribution in [0.3, 0.4) is 0 Å². The Morgan fingerprint density at radius 3 is 1.47 bits per heavy atom. The predicted molar refractivity (Wildman–Crippen MR) is 219 cm³/mol. The summed E-state index contributed by atoms with van der Waals surface area (Å²) in [6, 6.07) is 19.5. The van der Waals surface area contributed by atoms with E-state index in [4.69, 9.17) is 29.2 Å². The van der Waals surface area contributed by atoms with Gasteiger partial charge in [-0.3, -0.25) is 0 Å². The van der Waals surface area contributed by atoms with Crippen molar-refractivity contribution >= 4 is 0 Å². The lowest BCUT2D eigenvalue weighted by atomic mass is 10.0. The molecule has 0 radical (unpaired) electrons. The fraction of sp³-hybridized carbons (Fsp3) is 0.543. The molecule has 0 saturated heterocycles. The molecule has 1 N–H and O–H groups in total. The molecular weight excluding hydrogens is 659 g/mol. The first-order valence-electron chi connectivity index (χ1n) is 20.5. The number of rotatable bonds is 24. The van der Waals surface area contributed by atoms with Gasteiger partial charge in [0, 0.05) is 17.7 Å². The second-order valence-electron chi connectivity index (χ2n) is 14.7. The van der Waals surface area contributed by atoms with Crippen LogP contribution in [0.25, 0.3) is 34.2 Å². The summed E-state index contributed by atoms with van der Waals surface area (Å²) >= 11 is 0. The molecule has 288 valence electrons. The van der Waals surface area contributed by atoms with Crippen LogP contribution >= 0.6 is 0 Å². The van der Waals surface area contributed by atoms with Crippen LogP contribution in [0.2, 0.25) is 0 Å². The molecule has 3 aromatic carbocycles. The fourth-order valence-electron chi connectivity index (χ4n) is 6.47. The van der Waals surface area contributed by atoms with E-state index in [1.54, 1.807) is 6.07 Å². The Morgan fingerprint density at radius 1 is 0.528 bits per heavy atom. The first kappa shape index (κ1) is 41.6. The predicted octanol–water partition coefficient (Wildman–Crippen LogP) is 12.7. The minimum Gasteiger partial charge on any atom is -0.507 e. The molecule has 0 bridgehead atoms. The summed E-state index contributed by atoms with van der Waals surface area (Å²) in [6.07, 6.45) is 13.7. The second kappa shape index (κ2) is 22.2. The largest absolute Gasteiger partial charge is 0.507 e. The number of aromatic nitrogens is 3. The summed E-state index contributed by atoms with van der Waals surface area (Å²) in [6.45, 7) is 17.3. The lowest BCUT2D eigenvalue weighted by Gasteiger charge is -2.20. The normalized spacial score (nSPS) is 13.0. The maximum absolute atomic E-state index is 11.4. The molecule has 53 heavy (non-hydrogen) atoms. The third-order valence-corrected chi connectivity index (χ3v) is 10.4. The number of unbranched alkanes of at least 4 members (excludes halogenated alkanes) is 3. The molecule has 7 nitrogen and oxygen atoms in total. The van der Waals surface area contributed by atoms with Crippen molar-refractivity contribution in [3.63, 3.8) is 0 Å². The van der Waals surface area contributed by atoms with Crippen molar-refractivity contribution in [3.8, 4) is 57.2 Å². The van der Waals surface area contributed by atoms with Crippen molar-refractivity contribution in [2.24, 2.45) is 17.8 Å². The molecule has 0 aliphatic heterocycles. The minimum absolute atomic E-state index is 0.0617. The smallest absolute Gasteiger partial charge is 0.167 e. The first-order chi connectivity index (χ1) is 25.8. The number of aryl methyl sites for hydroxylation is 1. The van der Waals surface area contributed by atoms with Crippen molar-refractivity contribution < 1.29 is 19.3 Å². The molecule has 4 aromatic rings. The van der Waals surface area contributed by atoms with E-state index in [-0.39, 0.29) is 5.75 Å². The maximum atomic E-state index is 11.4. The summed E-state index contributed by atoms with van der Waals surface area (Å²) in [5.74, 6) is 4.99. The fourth-order valence-corrected chi connectivity index (χ4v) is 6.47. The average Bonchev–Trinajstić information content (AvgIpc) is 3.18. The number of nitrogens with zero attached hydrogens (tertiary/aromatic N) is 3. The molecule has 1 heterocycles. The highest BCUT2D eigenvalue weighted by Crippen LogP contribution is 2.37. The molecule has 0 aliphatic carbocycles. The van der Waals surface area contributed by atoms with Crippen LogP contribution in [0.5, 0.6) is 23.0 Å². The van der Waals surface area contributed by atoms with E-state index in [2.05, 4.69) is 60.6 Å². The highest BCUT2D eigenvalue weighted by Gasteiger charge is 2.20. The van der Waals surface area contributed by atoms with E-state index in [0.717, 1.165) is 67.4 Å². The average molecular weight is 724 g/mol. The Labute approximate surface area is 320 Å². The molecule has 0 amide bonds. The highest BCUT2D eigenvalue weighted by molar-refractivity contribution is 5.73. The molecule has 0 spiro atoms. The summed E-state index contributed by atoms with van der Waals surface area (Å²) in [7, 11) is 0. The number of ether oxygens (including phenoxy) is 3. The van der Waals surface area contributed by atoms with Crippen LogP contribution in [0.4, 0.5) is 0 Å². The Hall–Kier alpha value is -4.13. The molecule has 3 atom stereocenters. The van der Waals surface area contributed by atoms with Crippen molar-refractivity contribution in [2.45, 2.75) is 126 Å². The van der Waals surface area contributed by atoms with Gasteiger partial charge in [-0.1, -0.05) is 129 Å². The third-order valence-electron chi connectivity index (χ3n) is 10.4. The van der Waals surface area contributed by atoms with Crippen LogP contribution < -0.4 is 14.2 Å².